The van der Waals surface area contributed by atoms with Crippen LogP contribution >= 0.6 is 0 Å². The molecule has 1 aliphatic heterocycles. The standard InChI is InChI=1S/C9H15NO2/c1-7(8(2)11)10-5-3-9(12)4-6-10/h7H,3-6H2,1-2H3. The molecule has 68 valence electrons. The van der Waals surface area contributed by atoms with E-state index in [1.807, 2.05) is 6.92 Å². The first-order valence-electron chi connectivity index (χ1n) is 4.37. The maximum absolute atomic E-state index is 11.0. The fourth-order valence-corrected chi connectivity index (χ4v) is 1.42. The zero-order valence-corrected chi connectivity index (χ0v) is 7.67. The molecule has 0 aromatic carbocycles. The summed E-state index contributed by atoms with van der Waals surface area (Å²) in [5, 5.41) is 0. The molecule has 1 heterocycles. The van der Waals surface area contributed by atoms with Gasteiger partial charge in [-0.15, -0.1) is 0 Å². The molecule has 0 saturated carbocycles. The second-order valence-corrected chi connectivity index (χ2v) is 3.36. The average molecular weight is 169 g/mol. The summed E-state index contributed by atoms with van der Waals surface area (Å²) in [4.78, 5) is 24.0. The summed E-state index contributed by atoms with van der Waals surface area (Å²) in [5.74, 6) is 0.506. The van der Waals surface area contributed by atoms with Crippen molar-refractivity contribution in [2.75, 3.05) is 13.1 Å². The van der Waals surface area contributed by atoms with Crippen molar-refractivity contribution >= 4 is 11.6 Å². The van der Waals surface area contributed by atoms with Crippen LogP contribution in [0.15, 0.2) is 0 Å². The third-order valence-corrected chi connectivity index (χ3v) is 2.49. The number of Topliss-reactive ketones (excluding diaryl/α,β-unsaturated/α-hetero) is 2. The molecule has 12 heavy (non-hydrogen) atoms. The highest BCUT2D eigenvalue weighted by atomic mass is 16.1. The van der Waals surface area contributed by atoms with Gasteiger partial charge in [-0.25, -0.2) is 0 Å². The van der Waals surface area contributed by atoms with Crippen molar-refractivity contribution in [3.05, 3.63) is 0 Å². The second-order valence-electron chi connectivity index (χ2n) is 3.36. The number of carbonyl (C=O) groups is 2. The third kappa shape index (κ3) is 2.14. The van der Waals surface area contributed by atoms with Crippen molar-refractivity contribution in [1.82, 2.24) is 4.90 Å². The Labute approximate surface area is 72.7 Å². The van der Waals surface area contributed by atoms with Crippen molar-refractivity contribution in [2.45, 2.75) is 32.7 Å². The first-order chi connectivity index (χ1) is 5.61. The van der Waals surface area contributed by atoms with E-state index in [4.69, 9.17) is 0 Å². The summed E-state index contributed by atoms with van der Waals surface area (Å²) < 4.78 is 0. The number of likely N-dealkylation sites (tertiary alicyclic amines) is 1. The minimum Gasteiger partial charge on any atom is -0.300 e. The molecule has 1 unspecified atom stereocenters. The Hall–Kier alpha value is -0.700. The summed E-state index contributed by atoms with van der Waals surface area (Å²) in [5.41, 5.74) is 0. The monoisotopic (exact) mass is 169 g/mol. The predicted octanol–water partition coefficient (Wildman–Crippen LogP) is 0.629. The number of ketones is 2. The zero-order chi connectivity index (χ0) is 9.14. The fourth-order valence-electron chi connectivity index (χ4n) is 1.42. The topological polar surface area (TPSA) is 37.4 Å². The first-order valence-corrected chi connectivity index (χ1v) is 4.37. The number of rotatable bonds is 2. The largest absolute Gasteiger partial charge is 0.300 e. The summed E-state index contributed by atoms with van der Waals surface area (Å²) in [6, 6.07) is -0.0156. The normalized spacial score (nSPS) is 22.3. The van der Waals surface area contributed by atoms with Crippen LogP contribution in [0.1, 0.15) is 26.7 Å². The molecule has 1 atom stereocenters. The fraction of sp³-hybridized carbons (Fsp3) is 0.778. The van der Waals surface area contributed by atoms with Gasteiger partial charge in [0.25, 0.3) is 0 Å². The average Bonchev–Trinajstić information content (AvgIpc) is 2.04. The number of nitrogens with zero attached hydrogens (tertiary/aromatic N) is 1. The summed E-state index contributed by atoms with van der Waals surface area (Å²) in [7, 11) is 0. The molecule has 0 spiro atoms. The second kappa shape index (κ2) is 3.81. The summed E-state index contributed by atoms with van der Waals surface area (Å²) in [6.07, 6.45) is 1.22. The highest BCUT2D eigenvalue weighted by Crippen LogP contribution is 2.09. The van der Waals surface area contributed by atoms with Crippen LogP contribution in [-0.2, 0) is 9.59 Å². The molecule has 1 rings (SSSR count). The lowest BCUT2D eigenvalue weighted by atomic mass is 10.1. The van der Waals surface area contributed by atoms with E-state index in [2.05, 4.69) is 4.90 Å². The maximum atomic E-state index is 11.0. The molecule has 0 N–H and O–H groups in total. The first kappa shape index (κ1) is 9.39. The van der Waals surface area contributed by atoms with E-state index in [-0.39, 0.29) is 11.8 Å². The van der Waals surface area contributed by atoms with Gasteiger partial charge in [0.15, 0.2) is 0 Å². The molecule has 3 heteroatoms. The molecular formula is C9H15NO2. The van der Waals surface area contributed by atoms with Crippen LogP contribution in [0.25, 0.3) is 0 Å². The Bertz CT molecular complexity index is 191. The molecule has 3 nitrogen and oxygen atoms in total. The Morgan fingerprint density at radius 1 is 1.42 bits per heavy atom. The number of hydrogen-bond acceptors (Lipinski definition) is 3. The Morgan fingerprint density at radius 2 is 1.92 bits per heavy atom. The molecule has 1 aliphatic rings. The van der Waals surface area contributed by atoms with Crippen LogP contribution in [0.2, 0.25) is 0 Å². The smallest absolute Gasteiger partial charge is 0.146 e. The van der Waals surface area contributed by atoms with Gasteiger partial charge in [0.1, 0.15) is 11.6 Å². The minimum atomic E-state index is -0.0156. The van der Waals surface area contributed by atoms with Gasteiger partial charge < -0.3 is 0 Å². The molecule has 0 aromatic heterocycles. The van der Waals surface area contributed by atoms with E-state index in [0.29, 0.717) is 18.6 Å². The van der Waals surface area contributed by atoms with Crippen LogP contribution < -0.4 is 0 Å². The van der Waals surface area contributed by atoms with Gasteiger partial charge in [-0.2, -0.15) is 0 Å². The molecule has 0 aromatic rings. The van der Waals surface area contributed by atoms with E-state index in [9.17, 15) is 9.59 Å². The van der Waals surface area contributed by atoms with Crippen molar-refractivity contribution < 1.29 is 9.59 Å². The lowest BCUT2D eigenvalue weighted by molar-refractivity contribution is -0.126. The van der Waals surface area contributed by atoms with Gasteiger partial charge >= 0.3 is 0 Å². The Kier molecular flexibility index (Phi) is 2.98. The van der Waals surface area contributed by atoms with Crippen LogP contribution in [0.4, 0.5) is 0 Å². The SMILES string of the molecule is CC(=O)C(C)N1CCC(=O)CC1. The van der Waals surface area contributed by atoms with Gasteiger partial charge in [0.05, 0.1) is 6.04 Å². The van der Waals surface area contributed by atoms with E-state index >= 15 is 0 Å². The molecule has 0 radical (unpaired) electrons. The van der Waals surface area contributed by atoms with Crippen molar-refractivity contribution in [2.24, 2.45) is 0 Å². The predicted molar refractivity (Wildman–Crippen MR) is 46.0 cm³/mol. The van der Waals surface area contributed by atoms with Crippen molar-refractivity contribution in [3.8, 4) is 0 Å². The molecule has 0 bridgehead atoms. The lowest BCUT2D eigenvalue weighted by Gasteiger charge is -2.29. The van der Waals surface area contributed by atoms with Gasteiger partial charge in [-0.05, 0) is 13.8 Å². The molecule has 1 saturated heterocycles. The van der Waals surface area contributed by atoms with E-state index in [1.165, 1.54) is 0 Å². The van der Waals surface area contributed by atoms with Crippen LogP contribution in [-0.4, -0.2) is 35.6 Å². The quantitative estimate of drug-likeness (QED) is 0.608. The highest BCUT2D eigenvalue weighted by molar-refractivity contribution is 5.82. The molecular weight excluding hydrogens is 154 g/mol. The van der Waals surface area contributed by atoms with Gasteiger partial charge in [-0.1, -0.05) is 0 Å². The van der Waals surface area contributed by atoms with Gasteiger partial charge in [-0.3, -0.25) is 14.5 Å². The Morgan fingerprint density at radius 3 is 2.33 bits per heavy atom. The van der Waals surface area contributed by atoms with Crippen LogP contribution in [0, 0.1) is 0 Å². The van der Waals surface area contributed by atoms with E-state index < -0.39 is 0 Å². The molecule has 0 aliphatic carbocycles. The van der Waals surface area contributed by atoms with Crippen LogP contribution in [0.3, 0.4) is 0 Å². The number of piperidine rings is 1. The minimum absolute atomic E-state index is 0.0156. The summed E-state index contributed by atoms with van der Waals surface area (Å²) >= 11 is 0. The lowest BCUT2D eigenvalue weighted by Crippen LogP contribution is -2.43. The van der Waals surface area contributed by atoms with Crippen molar-refractivity contribution in [3.63, 3.8) is 0 Å². The number of carbonyl (C=O) groups excluding carboxylic acids is 2. The summed E-state index contributed by atoms with van der Waals surface area (Å²) in [6.45, 7) is 5.00. The highest BCUT2D eigenvalue weighted by Gasteiger charge is 2.22. The van der Waals surface area contributed by atoms with Gasteiger partial charge in [0.2, 0.25) is 0 Å². The zero-order valence-electron chi connectivity index (χ0n) is 7.67. The third-order valence-electron chi connectivity index (χ3n) is 2.49. The van der Waals surface area contributed by atoms with E-state index in [1.54, 1.807) is 6.92 Å². The van der Waals surface area contributed by atoms with E-state index in [0.717, 1.165) is 13.1 Å². The van der Waals surface area contributed by atoms with Crippen molar-refractivity contribution in [1.29, 1.82) is 0 Å². The maximum Gasteiger partial charge on any atom is 0.146 e. The Balaban J connectivity index is 2.44. The molecule has 1 fully saturated rings. The van der Waals surface area contributed by atoms with Crippen LogP contribution in [0.5, 0.6) is 0 Å². The van der Waals surface area contributed by atoms with Gasteiger partial charge in [0, 0.05) is 25.9 Å². The number of hydrogen-bond donors (Lipinski definition) is 0. The molecule has 0 amide bonds.